The van der Waals surface area contributed by atoms with Crippen molar-refractivity contribution in [1.82, 2.24) is 0 Å². The van der Waals surface area contributed by atoms with Crippen molar-refractivity contribution in [2.24, 2.45) is 0 Å². The van der Waals surface area contributed by atoms with E-state index in [2.05, 4.69) is 0 Å². The van der Waals surface area contributed by atoms with E-state index in [0.29, 0.717) is 0 Å². The van der Waals surface area contributed by atoms with Crippen molar-refractivity contribution in [2.45, 2.75) is 14.1 Å². The Kier molecular flexibility index (Phi) is 2.20. The van der Waals surface area contributed by atoms with Gasteiger partial charge in [-0.25, -0.2) is 0 Å². The Morgan fingerprint density at radius 1 is 0.769 bits per heavy atom. The molecule has 2 aliphatic carbocycles. The number of alkyl halides is 4. The molecule has 0 amide bonds. The van der Waals surface area contributed by atoms with Crippen LogP contribution in [0, 0.1) is 0 Å². The fourth-order valence-corrected chi connectivity index (χ4v) is 3.73. The molecule has 0 aliphatic heterocycles. The summed E-state index contributed by atoms with van der Waals surface area (Å²) in [6.45, 7) is 0. The van der Waals surface area contributed by atoms with Crippen LogP contribution in [0.2, 0.25) is 0 Å². The van der Waals surface area contributed by atoms with Gasteiger partial charge in [0.25, 0.3) is 0 Å². The average molecular weight is 299 g/mol. The van der Waals surface area contributed by atoms with E-state index in [9.17, 15) is 0 Å². The van der Waals surface area contributed by atoms with Crippen molar-refractivity contribution in [3.63, 3.8) is 0 Å². The third-order valence-electron chi connectivity index (χ3n) is 2.29. The highest BCUT2D eigenvalue weighted by Crippen LogP contribution is 2.69. The van der Waals surface area contributed by atoms with Gasteiger partial charge >= 0.3 is 0 Å². The van der Waals surface area contributed by atoms with Gasteiger partial charge in [0.1, 0.15) is 9.75 Å². The van der Waals surface area contributed by atoms with E-state index in [1.807, 2.05) is 0 Å². The van der Waals surface area contributed by atoms with Gasteiger partial charge in [0, 0.05) is 0 Å². The first-order valence-corrected chi connectivity index (χ1v) is 5.56. The zero-order chi connectivity index (χ0) is 10.1. The fourth-order valence-electron chi connectivity index (χ4n) is 1.45. The first-order chi connectivity index (χ1) is 5.77. The normalized spacial score (nSPS) is 46.3. The van der Waals surface area contributed by atoms with Crippen LogP contribution in [0.1, 0.15) is 0 Å². The molecule has 0 radical (unpaired) electrons. The topological polar surface area (TPSA) is 0 Å². The molecule has 13 heavy (non-hydrogen) atoms. The molecule has 0 saturated carbocycles. The van der Waals surface area contributed by atoms with E-state index >= 15 is 0 Å². The van der Waals surface area contributed by atoms with Gasteiger partial charge in [0.05, 0.1) is 10.1 Å². The van der Waals surface area contributed by atoms with Crippen molar-refractivity contribution in [3.8, 4) is 0 Å². The van der Waals surface area contributed by atoms with Crippen molar-refractivity contribution in [1.29, 1.82) is 0 Å². The molecule has 2 rings (SSSR count). The van der Waals surface area contributed by atoms with E-state index in [4.69, 9.17) is 69.6 Å². The minimum atomic E-state index is -1.43. The van der Waals surface area contributed by atoms with Crippen LogP contribution in [0.15, 0.2) is 22.2 Å². The molecular formula is C7H2Cl6. The smallest absolute Gasteiger partial charge is 0.105 e. The molecule has 0 nitrogen and oxygen atoms in total. The Morgan fingerprint density at radius 2 is 1.08 bits per heavy atom. The van der Waals surface area contributed by atoms with Crippen molar-refractivity contribution in [3.05, 3.63) is 22.2 Å². The molecule has 2 atom stereocenters. The van der Waals surface area contributed by atoms with Gasteiger partial charge in [-0.15, -0.1) is 23.2 Å². The second-order valence-electron chi connectivity index (χ2n) is 2.96. The molecule has 0 N–H and O–H groups in total. The second kappa shape index (κ2) is 2.66. The first kappa shape index (κ1) is 10.7. The predicted octanol–water partition coefficient (Wildman–Crippen LogP) is 4.39. The van der Waals surface area contributed by atoms with E-state index in [0.717, 1.165) is 0 Å². The molecule has 0 unspecified atom stereocenters. The van der Waals surface area contributed by atoms with Gasteiger partial charge in [-0.3, -0.25) is 0 Å². The SMILES string of the molecule is ClC1=C(Cl)[C@@]2(Cl)C=C[C@]1(Cl)C2(Cl)Cl. The highest BCUT2D eigenvalue weighted by Gasteiger charge is 2.71. The standard InChI is InChI=1S/C7H2Cl6/c8-3-4(9)6(11)2-1-5(3,10)7(6,12)13/h1-2H/t5-,6+. The third-order valence-corrected chi connectivity index (χ3v) is 6.33. The maximum atomic E-state index is 6.11. The monoisotopic (exact) mass is 296 g/mol. The van der Waals surface area contributed by atoms with Gasteiger partial charge in [-0.05, 0) is 0 Å². The minimum Gasteiger partial charge on any atom is -0.105 e. The van der Waals surface area contributed by atoms with Crippen LogP contribution in [0.3, 0.4) is 0 Å². The molecule has 2 bridgehead atoms. The summed E-state index contributed by atoms with van der Waals surface area (Å²) in [5.74, 6) is 0. The Balaban J connectivity index is 2.71. The van der Waals surface area contributed by atoms with Crippen molar-refractivity contribution < 1.29 is 0 Å². The highest BCUT2D eigenvalue weighted by molar-refractivity contribution is 6.66. The van der Waals surface area contributed by atoms with Crippen LogP contribution in [0.4, 0.5) is 0 Å². The lowest BCUT2D eigenvalue weighted by molar-refractivity contribution is 0.718. The number of hydrogen-bond donors (Lipinski definition) is 0. The van der Waals surface area contributed by atoms with E-state index < -0.39 is 14.1 Å². The first-order valence-electron chi connectivity index (χ1n) is 3.29. The number of hydrogen-bond acceptors (Lipinski definition) is 0. The lowest BCUT2D eigenvalue weighted by Gasteiger charge is -2.31. The van der Waals surface area contributed by atoms with Crippen LogP contribution in [-0.4, -0.2) is 14.1 Å². The van der Waals surface area contributed by atoms with Gasteiger partial charge in [0.15, 0.2) is 4.33 Å². The molecule has 2 aliphatic rings. The fraction of sp³-hybridized carbons (Fsp3) is 0.429. The van der Waals surface area contributed by atoms with Gasteiger partial charge in [-0.1, -0.05) is 58.6 Å². The quantitative estimate of drug-likeness (QED) is 0.460. The zero-order valence-electron chi connectivity index (χ0n) is 5.92. The summed E-state index contributed by atoms with van der Waals surface area (Å²) >= 11 is 36.1. The third kappa shape index (κ3) is 0.934. The average Bonchev–Trinajstić information content (AvgIpc) is 2.28. The molecular weight excluding hydrogens is 297 g/mol. The Labute approximate surface area is 105 Å². The maximum Gasteiger partial charge on any atom is 0.173 e. The number of fused-ring (bicyclic) bond motifs is 2. The molecule has 0 aromatic heterocycles. The maximum absolute atomic E-state index is 6.11. The molecule has 0 saturated heterocycles. The summed E-state index contributed by atoms with van der Waals surface area (Å²) in [5, 5.41) is 0.386. The van der Waals surface area contributed by atoms with Crippen LogP contribution in [-0.2, 0) is 0 Å². The molecule has 0 heterocycles. The number of rotatable bonds is 0. The van der Waals surface area contributed by atoms with Crippen LogP contribution >= 0.6 is 69.6 Å². The van der Waals surface area contributed by atoms with E-state index in [1.54, 1.807) is 12.2 Å². The van der Waals surface area contributed by atoms with Crippen molar-refractivity contribution >= 4 is 69.6 Å². The molecule has 0 fully saturated rings. The van der Waals surface area contributed by atoms with Gasteiger partial charge < -0.3 is 0 Å². The Hall–Kier alpha value is 1.22. The summed E-state index contributed by atoms with van der Waals surface area (Å²) in [7, 11) is 0. The molecule has 72 valence electrons. The predicted molar refractivity (Wildman–Crippen MR) is 59.5 cm³/mol. The summed E-state index contributed by atoms with van der Waals surface area (Å²) < 4.78 is -1.43. The number of halogens is 6. The molecule has 0 aromatic carbocycles. The largest absolute Gasteiger partial charge is 0.173 e. The van der Waals surface area contributed by atoms with E-state index in [-0.39, 0.29) is 10.1 Å². The van der Waals surface area contributed by atoms with Crippen LogP contribution in [0.25, 0.3) is 0 Å². The molecule has 6 heteroatoms. The summed E-state index contributed by atoms with van der Waals surface area (Å²) in [6.07, 6.45) is 3.13. The van der Waals surface area contributed by atoms with Crippen LogP contribution in [0.5, 0.6) is 0 Å². The Bertz CT molecular complexity index is 313. The molecule has 0 spiro atoms. The summed E-state index contributed by atoms with van der Waals surface area (Å²) in [5.41, 5.74) is 0. The van der Waals surface area contributed by atoms with E-state index in [1.165, 1.54) is 0 Å². The summed E-state index contributed by atoms with van der Waals surface area (Å²) in [4.78, 5) is -2.40. The Morgan fingerprint density at radius 3 is 1.23 bits per heavy atom. The zero-order valence-corrected chi connectivity index (χ0v) is 10.5. The highest BCUT2D eigenvalue weighted by atomic mass is 35.5. The number of allylic oxidation sites excluding steroid dienone is 4. The summed E-state index contributed by atoms with van der Waals surface area (Å²) in [6, 6.07) is 0. The molecule has 0 aromatic rings. The van der Waals surface area contributed by atoms with Crippen molar-refractivity contribution in [2.75, 3.05) is 0 Å². The second-order valence-corrected chi connectivity index (χ2v) is 6.23. The lowest BCUT2D eigenvalue weighted by Crippen LogP contribution is -2.43. The van der Waals surface area contributed by atoms with Crippen LogP contribution < -0.4 is 0 Å². The lowest BCUT2D eigenvalue weighted by atomic mass is 10.1. The minimum absolute atomic E-state index is 0.193. The van der Waals surface area contributed by atoms with Gasteiger partial charge in [-0.2, -0.15) is 0 Å². The van der Waals surface area contributed by atoms with Gasteiger partial charge in [0.2, 0.25) is 0 Å².